The minimum atomic E-state index is -4.82. The molecule has 7 heteroatoms. The molecule has 1 unspecified atom stereocenters. The van der Waals surface area contributed by atoms with Gasteiger partial charge < -0.3 is 5.73 Å². The molecule has 0 aromatic heterocycles. The Hall–Kier alpha value is -1.24. The molecule has 2 N–H and O–H groups in total. The van der Waals surface area contributed by atoms with E-state index >= 15 is 0 Å². The maximum atomic E-state index is 12.4. The Kier molecular flexibility index (Phi) is 3.71. The van der Waals surface area contributed by atoms with Crippen LogP contribution in [0.1, 0.15) is 0 Å². The molecule has 0 saturated carbocycles. The van der Waals surface area contributed by atoms with Gasteiger partial charge in [0.05, 0.1) is 11.1 Å². The van der Waals surface area contributed by atoms with E-state index in [9.17, 15) is 26.3 Å². The summed E-state index contributed by atoms with van der Waals surface area (Å²) in [5.74, 6) is -0.859. The van der Waals surface area contributed by atoms with Gasteiger partial charge in [0.25, 0.3) is 0 Å². The SMILES string of the molecule is NCC1C=CC(C(F)(F)F)=CC(C(F)(F)F)=C1. The van der Waals surface area contributed by atoms with Crippen molar-refractivity contribution in [1.29, 1.82) is 0 Å². The first-order valence-corrected chi connectivity index (χ1v) is 4.61. The predicted molar refractivity (Wildman–Crippen MR) is 50.0 cm³/mol. The zero-order chi connectivity index (χ0) is 13.3. The standard InChI is InChI=1S/C10H9F6N/c11-9(12,13)7-2-1-6(5-17)3-8(4-7)10(14,15)16/h1-4,6H,5,17H2. The predicted octanol–water partition coefficient (Wildman–Crippen LogP) is 3.11. The molecule has 0 aromatic carbocycles. The monoisotopic (exact) mass is 257 g/mol. The second-order valence-electron chi connectivity index (χ2n) is 3.48. The molecule has 0 aromatic rings. The first-order valence-electron chi connectivity index (χ1n) is 4.61. The Balaban J connectivity index is 3.21. The molecule has 0 heterocycles. The molecule has 1 aliphatic carbocycles. The Morgan fingerprint density at radius 1 is 1.00 bits per heavy atom. The summed E-state index contributed by atoms with van der Waals surface area (Å²) in [5.41, 5.74) is 2.50. The second-order valence-corrected chi connectivity index (χ2v) is 3.48. The number of hydrogen-bond donors (Lipinski definition) is 1. The van der Waals surface area contributed by atoms with Crippen LogP contribution in [-0.4, -0.2) is 18.9 Å². The summed E-state index contributed by atoms with van der Waals surface area (Å²) in [6, 6.07) is 0. The lowest BCUT2D eigenvalue weighted by Crippen LogP contribution is -2.16. The van der Waals surface area contributed by atoms with E-state index in [1.54, 1.807) is 0 Å². The Bertz CT molecular complexity index is 371. The molecular weight excluding hydrogens is 248 g/mol. The average molecular weight is 257 g/mol. The summed E-state index contributed by atoms with van der Waals surface area (Å²) < 4.78 is 74.4. The van der Waals surface area contributed by atoms with Gasteiger partial charge in [-0.1, -0.05) is 18.2 Å². The highest BCUT2D eigenvalue weighted by atomic mass is 19.4. The maximum absolute atomic E-state index is 12.4. The fourth-order valence-electron chi connectivity index (χ4n) is 1.28. The third-order valence-corrected chi connectivity index (χ3v) is 2.15. The van der Waals surface area contributed by atoms with Crippen molar-refractivity contribution in [3.8, 4) is 0 Å². The first-order chi connectivity index (χ1) is 7.64. The second kappa shape index (κ2) is 4.56. The summed E-state index contributed by atoms with van der Waals surface area (Å²) in [5, 5.41) is 0. The largest absolute Gasteiger partial charge is 0.416 e. The molecule has 1 nitrogen and oxygen atoms in total. The molecule has 96 valence electrons. The summed E-state index contributed by atoms with van der Waals surface area (Å²) in [4.78, 5) is 0. The van der Waals surface area contributed by atoms with Gasteiger partial charge >= 0.3 is 12.4 Å². The molecule has 0 radical (unpaired) electrons. The van der Waals surface area contributed by atoms with Gasteiger partial charge in [-0.2, -0.15) is 26.3 Å². The molecule has 0 bridgehead atoms. The highest BCUT2D eigenvalue weighted by Crippen LogP contribution is 2.35. The van der Waals surface area contributed by atoms with Crippen molar-refractivity contribution in [2.45, 2.75) is 12.4 Å². The van der Waals surface area contributed by atoms with Crippen LogP contribution in [-0.2, 0) is 0 Å². The van der Waals surface area contributed by atoms with Crippen molar-refractivity contribution >= 4 is 0 Å². The highest BCUT2D eigenvalue weighted by Gasteiger charge is 2.38. The number of nitrogens with two attached hydrogens (primary N) is 1. The number of alkyl halides is 6. The van der Waals surface area contributed by atoms with Crippen LogP contribution in [0.3, 0.4) is 0 Å². The van der Waals surface area contributed by atoms with Crippen molar-refractivity contribution < 1.29 is 26.3 Å². The van der Waals surface area contributed by atoms with E-state index in [0.717, 1.165) is 6.08 Å². The quantitative estimate of drug-likeness (QED) is 0.717. The number of allylic oxidation sites excluding steroid dienone is 4. The molecular formula is C10H9F6N. The van der Waals surface area contributed by atoms with E-state index in [-0.39, 0.29) is 12.6 Å². The fraction of sp³-hybridized carbons (Fsp3) is 0.400. The van der Waals surface area contributed by atoms with Gasteiger partial charge in [0.1, 0.15) is 0 Å². The van der Waals surface area contributed by atoms with Crippen LogP contribution in [0, 0.1) is 5.92 Å². The molecule has 1 rings (SSSR count). The normalized spacial score (nSPS) is 21.9. The van der Waals surface area contributed by atoms with E-state index in [1.807, 2.05) is 0 Å². The van der Waals surface area contributed by atoms with Crippen LogP contribution in [0.4, 0.5) is 26.3 Å². The number of halogens is 6. The maximum Gasteiger partial charge on any atom is 0.416 e. The molecule has 0 saturated heterocycles. The number of hydrogen-bond acceptors (Lipinski definition) is 1. The highest BCUT2D eigenvalue weighted by molar-refractivity contribution is 5.39. The van der Waals surface area contributed by atoms with E-state index in [2.05, 4.69) is 0 Å². The van der Waals surface area contributed by atoms with E-state index in [1.165, 1.54) is 0 Å². The molecule has 0 amide bonds. The summed E-state index contributed by atoms with van der Waals surface area (Å²) in [6.45, 7) is -0.185. The van der Waals surface area contributed by atoms with Gasteiger partial charge in [0.15, 0.2) is 0 Å². The third kappa shape index (κ3) is 3.62. The molecule has 1 aliphatic rings. The van der Waals surface area contributed by atoms with E-state index in [0.29, 0.717) is 12.2 Å². The van der Waals surface area contributed by atoms with Crippen LogP contribution < -0.4 is 5.73 Å². The fourth-order valence-corrected chi connectivity index (χ4v) is 1.28. The van der Waals surface area contributed by atoms with Crippen molar-refractivity contribution in [3.63, 3.8) is 0 Å². The van der Waals surface area contributed by atoms with Gasteiger partial charge in [-0.15, -0.1) is 0 Å². The lowest BCUT2D eigenvalue weighted by molar-refractivity contribution is -0.0933. The first kappa shape index (κ1) is 13.8. The molecule has 0 fully saturated rings. The molecule has 1 atom stereocenters. The van der Waals surface area contributed by atoms with Crippen molar-refractivity contribution in [1.82, 2.24) is 0 Å². The Morgan fingerprint density at radius 3 is 1.94 bits per heavy atom. The zero-order valence-electron chi connectivity index (χ0n) is 8.44. The van der Waals surface area contributed by atoms with Crippen molar-refractivity contribution in [2.75, 3.05) is 6.54 Å². The van der Waals surface area contributed by atoms with E-state index in [4.69, 9.17) is 5.73 Å². The van der Waals surface area contributed by atoms with Gasteiger partial charge in [-0.3, -0.25) is 0 Å². The van der Waals surface area contributed by atoms with Crippen LogP contribution in [0.15, 0.2) is 35.5 Å². The third-order valence-electron chi connectivity index (χ3n) is 2.15. The van der Waals surface area contributed by atoms with Crippen LogP contribution in [0.2, 0.25) is 0 Å². The van der Waals surface area contributed by atoms with E-state index < -0.39 is 29.4 Å². The zero-order valence-corrected chi connectivity index (χ0v) is 8.44. The Labute approximate surface area is 93.3 Å². The lowest BCUT2D eigenvalue weighted by Gasteiger charge is -2.11. The lowest BCUT2D eigenvalue weighted by atomic mass is 10.1. The number of rotatable bonds is 1. The minimum Gasteiger partial charge on any atom is -0.330 e. The van der Waals surface area contributed by atoms with Gasteiger partial charge in [-0.25, -0.2) is 0 Å². The van der Waals surface area contributed by atoms with Gasteiger partial charge in [0.2, 0.25) is 0 Å². The average Bonchev–Trinajstić information content (AvgIpc) is 2.37. The van der Waals surface area contributed by atoms with Crippen LogP contribution in [0.5, 0.6) is 0 Å². The van der Waals surface area contributed by atoms with Crippen molar-refractivity contribution in [3.05, 3.63) is 35.5 Å². The Morgan fingerprint density at radius 2 is 1.53 bits per heavy atom. The van der Waals surface area contributed by atoms with Gasteiger partial charge in [-0.05, 0) is 6.08 Å². The smallest absolute Gasteiger partial charge is 0.330 e. The van der Waals surface area contributed by atoms with Gasteiger partial charge in [0, 0.05) is 12.5 Å². The topological polar surface area (TPSA) is 26.0 Å². The molecule has 0 aliphatic heterocycles. The van der Waals surface area contributed by atoms with Crippen LogP contribution in [0.25, 0.3) is 0 Å². The minimum absolute atomic E-state index is 0.0894. The van der Waals surface area contributed by atoms with Crippen molar-refractivity contribution in [2.24, 2.45) is 11.7 Å². The molecule has 0 spiro atoms. The van der Waals surface area contributed by atoms with Crippen LogP contribution >= 0.6 is 0 Å². The summed E-state index contributed by atoms with van der Waals surface area (Å²) in [7, 11) is 0. The summed E-state index contributed by atoms with van der Waals surface area (Å²) in [6.07, 6.45) is -7.23. The summed E-state index contributed by atoms with van der Waals surface area (Å²) >= 11 is 0. The molecule has 17 heavy (non-hydrogen) atoms.